The number of hydrogen-bond acceptors (Lipinski definition) is 8. The van der Waals surface area contributed by atoms with E-state index in [0.717, 1.165) is 69.5 Å². The molecule has 9 heteroatoms. The number of rotatable bonds is 11. The molecular weight excluding hydrogens is 392 g/mol. The van der Waals surface area contributed by atoms with Gasteiger partial charge in [0, 0.05) is 57.4 Å². The number of anilines is 2. The molecule has 1 fully saturated rings. The fourth-order valence-electron chi connectivity index (χ4n) is 4.06. The number of fused-ring (bicyclic) bond motifs is 1. The Labute approximate surface area is 186 Å². The SMILES string of the molecule is CC(C)N(CCNc1nc(NCCN2CCOCC2)nc2c1ncn2C(C)C)C(C)C. The Morgan fingerprint density at radius 3 is 2.35 bits per heavy atom. The molecule has 2 aromatic rings. The van der Waals surface area contributed by atoms with Crippen molar-refractivity contribution in [1.29, 1.82) is 0 Å². The molecule has 0 spiro atoms. The van der Waals surface area contributed by atoms with Crippen LogP contribution in [0.4, 0.5) is 11.8 Å². The lowest BCUT2D eigenvalue weighted by atomic mass is 10.2. The second kappa shape index (κ2) is 11.1. The Morgan fingerprint density at radius 2 is 1.71 bits per heavy atom. The lowest BCUT2D eigenvalue weighted by molar-refractivity contribution is 0.0398. The Balaban J connectivity index is 1.72. The largest absolute Gasteiger partial charge is 0.379 e. The van der Waals surface area contributed by atoms with Gasteiger partial charge in [-0.2, -0.15) is 9.97 Å². The van der Waals surface area contributed by atoms with E-state index in [0.29, 0.717) is 18.0 Å². The molecule has 3 heterocycles. The summed E-state index contributed by atoms with van der Waals surface area (Å²) in [5, 5.41) is 6.94. The Hall–Kier alpha value is -1.97. The fraction of sp³-hybridized carbons (Fsp3) is 0.773. The van der Waals surface area contributed by atoms with Gasteiger partial charge < -0.3 is 19.9 Å². The summed E-state index contributed by atoms with van der Waals surface area (Å²) < 4.78 is 7.53. The van der Waals surface area contributed by atoms with Crippen LogP contribution < -0.4 is 10.6 Å². The molecular formula is C22H40N8O. The zero-order chi connectivity index (χ0) is 22.4. The number of imidazole rings is 1. The monoisotopic (exact) mass is 432 g/mol. The zero-order valence-electron chi connectivity index (χ0n) is 20.1. The topological polar surface area (TPSA) is 83.4 Å². The smallest absolute Gasteiger partial charge is 0.226 e. The van der Waals surface area contributed by atoms with Crippen molar-refractivity contribution in [1.82, 2.24) is 29.3 Å². The molecule has 0 aliphatic carbocycles. The summed E-state index contributed by atoms with van der Waals surface area (Å²) in [5.41, 5.74) is 1.69. The molecule has 0 unspecified atom stereocenters. The van der Waals surface area contributed by atoms with Gasteiger partial charge in [-0.25, -0.2) is 4.98 Å². The van der Waals surface area contributed by atoms with Crippen LogP contribution in [0.25, 0.3) is 11.2 Å². The van der Waals surface area contributed by atoms with Gasteiger partial charge in [0.05, 0.1) is 19.5 Å². The first-order valence-electron chi connectivity index (χ1n) is 11.6. The van der Waals surface area contributed by atoms with Crippen molar-refractivity contribution in [2.45, 2.75) is 59.7 Å². The number of nitrogens with zero attached hydrogens (tertiary/aromatic N) is 6. The highest BCUT2D eigenvalue weighted by Crippen LogP contribution is 2.23. The Bertz CT molecular complexity index is 805. The zero-order valence-corrected chi connectivity index (χ0v) is 20.1. The number of morpholine rings is 1. The van der Waals surface area contributed by atoms with Gasteiger partial charge in [-0.05, 0) is 41.5 Å². The molecule has 0 bridgehead atoms. The van der Waals surface area contributed by atoms with E-state index in [-0.39, 0.29) is 6.04 Å². The molecule has 0 atom stereocenters. The van der Waals surface area contributed by atoms with Gasteiger partial charge >= 0.3 is 0 Å². The molecule has 2 aromatic heterocycles. The van der Waals surface area contributed by atoms with Gasteiger partial charge in [-0.1, -0.05) is 0 Å². The first-order valence-corrected chi connectivity index (χ1v) is 11.6. The third-order valence-corrected chi connectivity index (χ3v) is 5.78. The molecule has 0 amide bonds. The average Bonchev–Trinajstić information content (AvgIpc) is 3.16. The van der Waals surface area contributed by atoms with Crippen LogP contribution in [-0.2, 0) is 4.74 Å². The van der Waals surface area contributed by atoms with E-state index in [2.05, 4.69) is 71.5 Å². The van der Waals surface area contributed by atoms with Crippen molar-refractivity contribution in [2.75, 3.05) is 63.1 Å². The standard InChI is InChI=1S/C22H40N8O/c1-16(2)29(17(3)4)10-8-23-20-19-21(30(15-25-19)18(5)6)27-22(26-20)24-7-9-28-11-13-31-14-12-28/h15-18H,7-14H2,1-6H3,(H2,23,24,26,27). The van der Waals surface area contributed by atoms with Gasteiger partial charge in [-0.3, -0.25) is 9.80 Å². The molecule has 1 aliphatic heterocycles. The van der Waals surface area contributed by atoms with Crippen LogP contribution in [0.15, 0.2) is 6.33 Å². The highest BCUT2D eigenvalue weighted by molar-refractivity contribution is 5.84. The summed E-state index contributed by atoms with van der Waals surface area (Å²) >= 11 is 0. The summed E-state index contributed by atoms with van der Waals surface area (Å²) in [6.45, 7) is 20.4. The quantitative estimate of drug-likeness (QED) is 0.561. The summed E-state index contributed by atoms with van der Waals surface area (Å²) in [4.78, 5) is 19.0. The van der Waals surface area contributed by atoms with E-state index in [1.807, 2.05) is 6.33 Å². The Kier molecular flexibility index (Phi) is 8.45. The highest BCUT2D eigenvalue weighted by atomic mass is 16.5. The minimum atomic E-state index is 0.284. The second-order valence-corrected chi connectivity index (χ2v) is 9.05. The van der Waals surface area contributed by atoms with Gasteiger partial charge in [0.1, 0.15) is 0 Å². The molecule has 1 aliphatic rings. The molecule has 9 nitrogen and oxygen atoms in total. The molecule has 0 radical (unpaired) electrons. The fourth-order valence-corrected chi connectivity index (χ4v) is 4.06. The molecule has 0 aromatic carbocycles. The first-order chi connectivity index (χ1) is 14.9. The summed E-state index contributed by atoms with van der Waals surface area (Å²) in [7, 11) is 0. The maximum atomic E-state index is 5.43. The van der Waals surface area contributed by atoms with E-state index < -0.39 is 0 Å². The number of aromatic nitrogens is 4. The lowest BCUT2D eigenvalue weighted by Crippen LogP contribution is -2.40. The van der Waals surface area contributed by atoms with Crippen molar-refractivity contribution in [3.63, 3.8) is 0 Å². The first kappa shape index (κ1) is 23.7. The Morgan fingerprint density at radius 1 is 1.00 bits per heavy atom. The molecule has 2 N–H and O–H groups in total. The van der Waals surface area contributed by atoms with E-state index in [4.69, 9.17) is 14.7 Å². The predicted octanol–water partition coefficient (Wildman–Crippen LogP) is 2.68. The maximum Gasteiger partial charge on any atom is 0.226 e. The average molecular weight is 433 g/mol. The summed E-state index contributed by atoms with van der Waals surface area (Å²) in [5.74, 6) is 1.45. The van der Waals surface area contributed by atoms with E-state index in [1.165, 1.54) is 0 Å². The van der Waals surface area contributed by atoms with Gasteiger partial charge in [0.25, 0.3) is 0 Å². The van der Waals surface area contributed by atoms with E-state index in [1.54, 1.807) is 0 Å². The van der Waals surface area contributed by atoms with Gasteiger partial charge in [0.2, 0.25) is 5.95 Å². The van der Waals surface area contributed by atoms with Crippen molar-refractivity contribution in [3.05, 3.63) is 6.33 Å². The van der Waals surface area contributed by atoms with Crippen LogP contribution >= 0.6 is 0 Å². The summed E-state index contributed by atoms with van der Waals surface area (Å²) in [6.07, 6.45) is 1.86. The van der Waals surface area contributed by atoms with Crippen LogP contribution in [0, 0.1) is 0 Å². The van der Waals surface area contributed by atoms with Crippen LogP contribution in [0.2, 0.25) is 0 Å². The minimum Gasteiger partial charge on any atom is -0.379 e. The molecule has 0 saturated carbocycles. The van der Waals surface area contributed by atoms with Gasteiger partial charge in [0.15, 0.2) is 17.0 Å². The third-order valence-electron chi connectivity index (χ3n) is 5.78. The van der Waals surface area contributed by atoms with E-state index in [9.17, 15) is 0 Å². The molecule has 31 heavy (non-hydrogen) atoms. The van der Waals surface area contributed by atoms with Gasteiger partial charge in [-0.15, -0.1) is 0 Å². The minimum absolute atomic E-state index is 0.284. The van der Waals surface area contributed by atoms with Crippen molar-refractivity contribution in [2.24, 2.45) is 0 Å². The molecule has 174 valence electrons. The predicted molar refractivity (Wildman–Crippen MR) is 127 cm³/mol. The molecule has 1 saturated heterocycles. The maximum absolute atomic E-state index is 5.43. The molecule has 3 rings (SSSR count). The van der Waals surface area contributed by atoms with Crippen molar-refractivity contribution < 1.29 is 4.74 Å². The van der Waals surface area contributed by atoms with E-state index >= 15 is 0 Å². The van der Waals surface area contributed by atoms with Crippen molar-refractivity contribution in [3.8, 4) is 0 Å². The van der Waals surface area contributed by atoms with Crippen LogP contribution in [0.3, 0.4) is 0 Å². The third kappa shape index (κ3) is 6.27. The number of nitrogens with one attached hydrogen (secondary N) is 2. The number of ether oxygens (including phenoxy) is 1. The van der Waals surface area contributed by atoms with Crippen LogP contribution in [0.5, 0.6) is 0 Å². The summed E-state index contributed by atoms with van der Waals surface area (Å²) in [6, 6.07) is 1.29. The van der Waals surface area contributed by atoms with Crippen LogP contribution in [-0.4, -0.2) is 93.9 Å². The second-order valence-electron chi connectivity index (χ2n) is 9.05. The van der Waals surface area contributed by atoms with Crippen molar-refractivity contribution >= 4 is 22.9 Å². The van der Waals surface area contributed by atoms with Crippen LogP contribution in [0.1, 0.15) is 47.6 Å². The normalized spacial score (nSPS) is 15.7. The highest BCUT2D eigenvalue weighted by Gasteiger charge is 2.17. The number of hydrogen-bond donors (Lipinski definition) is 2. The lowest BCUT2D eigenvalue weighted by Gasteiger charge is -2.30.